The second-order valence-electron chi connectivity index (χ2n) is 5.31. The van der Waals surface area contributed by atoms with Crippen LogP contribution in [0, 0.1) is 5.82 Å². The van der Waals surface area contributed by atoms with E-state index in [0.29, 0.717) is 13.0 Å². The fraction of sp³-hybridized carbons (Fsp3) is 0.467. The van der Waals surface area contributed by atoms with E-state index in [1.807, 2.05) is 0 Å². The van der Waals surface area contributed by atoms with Gasteiger partial charge in [-0.15, -0.1) is 0 Å². The highest BCUT2D eigenvalue weighted by Crippen LogP contribution is 2.47. The van der Waals surface area contributed by atoms with E-state index >= 15 is 0 Å². The first-order chi connectivity index (χ1) is 9.52. The van der Waals surface area contributed by atoms with E-state index in [0.717, 1.165) is 18.4 Å². The predicted octanol–water partition coefficient (Wildman–Crippen LogP) is 2.23. The van der Waals surface area contributed by atoms with E-state index in [1.165, 1.54) is 12.1 Å². The summed E-state index contributed by atoms with van der Waals surface area (Å²) >= 11 is 0. The molecule has 1 aliphatic rings. The van der Waals surface area contributed by atoms with Gasteiger partial charge in [0.1, 0.15) is 5.82 Å². The number of halogens is 1. The van der Waals surface area contributed by atoms with Crippen LogP contribution in [-0.4, -0.2) is 23.5 Å². The lowest BCUT2D eigenvalue weighted by Crippen LogP contribution is -2.32. The Labute approximate surface area is 117 Å². The summed E-state index contributed by atoms with van der Waals surface area (Å²) in [6.45, 7) is 0.532. The van der Waals surface area contributed by atoms with Gasteiger partial charge < -0.3 is 10.4 Å². The number of amides is 1. The maximum atomic E-state index is 12.9. The van der Waals surface area contributed by atoms with Crippen molar-refractivity contribution in [1.82, 2.24) is 5.32 Å². The van der Waals surface area contributed by atoms with Crippen molar-refractivity contribution in [3.8, 4) is 0 Å². The molecule has 0 aliphatic heterocycles. The Morgan fingerprint density at radius 1 is 1.20 bits per heavy atom. The zero-order chi connectivity index (χ0) is 14.6. The summed E-state index contributed by atoms with van der Waals surface area (Å²) in [5.74, 6) is -1.27. The Balaban J connectivity index is 1.80. The van der Waals surface area contributed by atoms with E-state index in [4.69, 9.17) is 5.11 Å². The van der Waals surface area contributed by atoms with Crippen molar-refractivity contribution >= 4 is 11.9 Å². The number of carboxylic acids is 1. The minimum Gasteiger partial charge on any atom is -0.481 e. The van der Waals surface area contributed by atoms with Gasteiger partial charge in [0, 0.05) is 24.8 Å². The van der Waals surface area contributed by atoms with Crippen molar-refractivity contribution in [2.75, 3.05) is 6.54 Å². The van der Waals surface area contributed by atoms with Gasteiger partial charge in [0.15, 0.2) is 0 Å². The monoisotopic (exact) mass is 279 g/mol. The van der Waals surface area contributed by atoms with Crippen molar-refractivity contribution in [1.29, 1.82) is 0 Å². The molecule has 4 nitrogen and oxygen atoms in total. The molecule has 2 rings (SSSR count). The van der Waals surface area contributed by atoms with Crippen LogP contribution in [0.3, 0.4) is 0 Å². The summed E-state index contributed by atoms with van der Waals surface area (Å²) in [4.78, 5) is 22.0. The largest absolute Gasteiger partial charge is 0.481 e. The third-order valence-corrected chi connectivity index (χ3v) is 3.73. The van der Waals surface area contributed by atoms with E-state index in [2.05, 4.69) is 5.32 Å². The number of aliphatic carboxylic acids is 1. The highest BCUT2D eigenvalue weighted by atomic mass is 19.1. The summed E-state index contributed by atoms with van der Waals surface area (Å²) in [7, 11) is 0. The van der Waals surface area contributed by atoms with Crippen LogP contribution in [0.15, 0.2) is 24.3 Å². The van der Waals surface area contributed by atoms with E-state index < -0.39 is 5.97 Å². The first-order valence-corrected chi connectivity index (χ1v) is 6.76. The van der Waals surface area contributed by atoms with E-state index in [-0.39, 0.29) is 30.0 Å². The van der Waals surface area contributed by atoms with Gasteiger partial charge in [-0.2, -0.15) is 0 Å². The Morgan fingerprint density at radius 3 is 2.40 bits per heavy atom. The van der Waals surface area contributed by atoms with Gasteiger partial charge in [-0.1, -0.05) is 12.1 Å². The maximum Gasteiger partial charge on any atom is 0.303 e. The summed E-state index contributed by atoms with van der Waals surface area (Å²) in [6, 6.07) is 6.39. The summed E-state index contributed by atoms with van der Waals surface area (Å²) < 4.78 is 12.9. The van der Waals surface area contributed by atoms with Crippen LogP contribution >= 0.6 is 0 Å². The smallest absolute Gasteiger partial charge is 0.303 e. The van der Waals surface area contributed by atoms with Crippen LogP contribution in [0.5, 0.6) is 0 Å². The van der Waals surface area contributed by atoms with Crippen LogP contribution in [0.2, 0.25) is 0 Å². The number of rotatable bonds is 7. The zero-order valence-electron chi connectivity index (χ0n) is 11.2. The second kappa shape index (κ2) is 6.03. The van der Waals surface area contributed by atoms with Crippen molar-refractivity contribution in [2.45, 2.75) is 37.5 Å². The predicted molar refractivity (Wildman–Crippen MR) is 71.8 cm³/mol. The lowest BCUT2D eigenvalue weighted by molar-refractivity contribution is -0.137. The molecule has 1 fully saturated rings. The normalized spacial score (nSPS) is 15.7. The minimum atomic E-state index is -0.886. The van der Waals surface area contributed by atoms with Crippen molar-refractivity contribution < 1.29 is 19.1 Å². The molecule has 0 aromatic heterocycles. The average molecular weight is 279 g/mol. The third-order valence-electron chi connectivity index (χ3n) is 3.73. The number of hydrogen-bond acceptors (Lipinski definition) is 2. The highest BCUT2D eigenvalue weighted by molar-refractivity contribution is 5.77. The minimum absolute atomic E-state index is 0.0104. The first kappa shape index (κ1) is 14.5. The molecule has 0 heterocycles. The number of hydrogen-bond donors (Lipinski definition) is 2. The van der Waals surface area contributed by atoms with Gasteiger partial charge in [0.25, 0.3) is 0 Å². The van der Waals surface area contributed by atoms with E-state index in [9.17, 15) is 14.0 Å². The van der Waals surface area contributed by atoms with Crippen LogP contribution in [0.4, 0.5) is 4.39 Å². The number of carbonyl (C=O) groups is 2. The second-order valence-corrected chi connectivity index (χ2v) is 5.31. The lowest BCUT2D eigenvalue weighted by Gasteiger charge is -2.16. The molecule has 5 heteroatoms. The molecule has 20 heavy (non-hydrogen) atoms. The molecular formula is C15H18FNO3. The van der Waals surface area contributed by atoms with Crippen LogP contribution in [0.1, 0.15) is 37.7 Å². The van der Waals surface area contributed by atoms with Crippen LogP contribution in [0.25, 0.3) is 0 Å². The molecule has 2 N–H and O–H groups in total. The lowest BCUT2D eigenvalue weighted by atomic mass is 9.96. The third kappa shape index (κ3) is 3.79. The Hall–Kier alpha value is -1.91. The van der Waals surface area contributed by atoms with Gasteiger partial charge in [-0.05, 0) is 37.0 Å². The Bertz CT molecular complexity index is 494. The number of carbonyl (C=O) groups excluding carboxylic acids is 1. The fourth-order valence-corrected chi connectivity index (χ4v) is 2.28. The quantitative estimate of drug-likeness (QED) is 0.804. The zero-order valence-corrected chi connectivity index (χ0v) is 11.2. The molecule has 1 amide bonds. The maximum absolute atomic E-state index is 12.9. The molecule has 1 saturated carbocycles. The molecule has 0 bridgehead atoms. The number of nitrogens with one attached hydrogen (secondary N) is 1. The van der Waals surface area contributed by atoms with Gasteiger partial charge in [0.2, 0.25) is 5.91 Å². The topological polar surface area (TPSA) is 66.4 Å². The molecule has 1 aromatic carbocycles. The number of carboxylic acid groups (broad SMARTS) is 1. The number of benzene rings is 1. The van der Waals surface area contributed by atoms with Crippen molar-refractivity contribution in [3.63, 3.8) is 0 Å². The van der Waals surface area contributed by atoms with Gasteiger partial charge in [0.05, 0.1) is 0 Å². The van der Waals surface area contributed by atoms with Gasteiger partial charge in [-0.3, -0.25) is 9.59 Å². The molecule has 108 valence electrons. The van der Waals surface area contributed by atoms with Crippen LogP contribution in [-0.2, 0) is 15.0 Å². The van der Waals surface area contributed by atoms with Crippen molar-refractivity contribution in [2.24, 2.45) is 0 Å². The standard InChI is InChI=1S/C15H18FNO3/c16-12-6-4-11(5-7-12)15(8-9-15)10-17-13(18)2-1-3-14(19)20/h4-7H,1-3,8-10H2,(H,17,18)(H,19,20). The summed E-state index contributed by atoms with van der Waals surface area (Å²) in [5.41, 5.74) is 0.987. The molecule has 0 atom stereocenters. The van der Waals surface area contributed by atoms with Crippen LogP contribution < -0.4 is 5.32 Å². The Kier molecular flexibility index (Phi) is 4.37. The van der Waals surface area contributed by atoms with Gasteiger partial charge in [-0.25, -0.2) is 4.39 Å². The highest BCUT2D eigenvalue weighted by Gasteiger charge is 2.44. The fourth-order valence-electron chi connectivity index (χ4n) is 2.28. The average Bonchev–Trinajstić information content (AvgIpc) is 3.18. The molecular weight excluding hydrogens is 261 g/mol. The molecule has 1 aromatic rings. The molecule has 0 spiro atoms. The molecule has 1 aliphatic carbocycles. The van der Waals surface area contributed by atoms with Gasteiger partial charge >= 0.3 is 5.97 Å². The summed E-state index contributed by atoms with van der Waals surface area (Å²) in [5, 5.41) is 11.4. The molecule has 0 radical (unpaired) electrons. The molecule has 0 unspecified atom stereocenters. The van der Waals surface area contributed by atoms with Crippen molar-refractivity contribution in [3.05, 3.63) is 35.6 Å². The summed E-state index contributed by atoms with van der Waals surface area (Å²) in [6.07, 6.45) is 2.55. The molecule has 0 saturated heterocycles. The Morgan fingerprint density at radius 2 is 1.85 bits per heavy atom. The van der Waals surface area contributed by atoms with E-state index in [1.54, 1.807) is 12.1 Å². The SMILES string of the molecule is O=C(O)CCCC(=O)NCC1(c2ccc(F)cc2)CC1. The first-order valence-electron chi connectivity index (χ1n) is 6.76.